The Balaban J connectivity index is 1.80. The van der Waals surface area contributed by atoms with E-state index >= 15 is 0 Å². The molecule has 0 radical (unpaired) electrons. The van der Waals surface area contributed by atoms with E-state index in [-0.39, 0.29) is 12.0 Å². The summed E-state index contributed by atoms with van der Waals surface area (Å²) >= 11 is 0. The highest BCUT2D eigenvalue weighted by atomic mass is 16.5. The van der Waals surface area contributed by atoms with Crippen molar-refractivity contribution >= 4 is 0 Å². The molecule has 1 aliphatic heterocycles. The second kappa shape index (κ2) is 6.15. The Morgan fingerprint density at radius 2 is 1.88 bits per heavy atom. The lowest BCUT2D eigenvalue weighted by Crippen LogP contribution is -2.41. The third-order valence-electron chi connectivity index (χ3n) is 3.56. The first-order valence-electron chi connectivity index (χ1n) is 6.28. The van der Waals surface area contributed by atoms with Crippen LogP contribution in [0.5, 0.6) is 0 Å². The Morgan fingerprint density at radius 3 is 2.53 bits per heavy atom. The number of benzene rings is 1. The summed E-state index contributed by atoms with van der Waals surface area (Å²) in [6.45, 7) is 3.52. The predicted octanol–water partition coefficient (Wildman–Crippen LogP) is 1.57. The van der Waals surface area contributed by atoms with Gasteiger partial charge < -0.3 is 15.2 Å². The number of aliphatic hydroxyl groups excluding tert-OH is 1. The predicted molar refractivity (Wildman–Crippen MR) is 67.7 cm³/mol. The van der Waals surface area contributed by atoms with Crippen LogP contribution in [0.4, 0.5) is 0 Å². The Labute approximate surface area is 103 Å². The van der Waals surface area contributed by atoms with Crippen molar-refractivity contribution in [2.45, 2.75) is 19.4 Å². The van der Waals surface area contributed by atoms with E-state index in [9.17, 15) is 5.11 Å². The molecule has 1 fully saturated rings. The molecule has 1 saturated heterocycles. The van der Waals surface area contributed by atoms with Crippen molar-refractivity contribution in [1.29, 1.82) is 0 Å². The van der Waals surface area contributed by atoms with Gasteiger partial charge in [0, 0.05) is 31.7 Å². The Hall–Kier alpha value is -0.900. The molecule has 94 valence electrons. The average Bonchev–Trinajstić information content (AvgIpc) is 2.41. The molecule has 1 heterocycles. The first-order valence-corrected chi connectivity index (χ1v) is 6.28. The van der Waals surface area contributed by atoms with E-state index in [2.05, 4.69) is 17.4 Å². The van der Waals surface area contributed by atoms with Crippen molar-refractivity contribution in [1.82, 2.24) is 5.32 Å². The summed E-state index contributed by atoms with van der Waals surface area (Å²) in [4.78, 5) is 0. The molecule has 0 unspecified atom stereocenters. The Morgan fingerprint density at radius 1 is 1.18 bits per heavy atom. The summed E-state index contributed by atoms with van der Waals surface area (Å²) in [6, 6.07) is 10.4. The molecule has 0 spiro atoms. The van der Waals surface area contributed by atoms with Crippen LogP contribution in [0.15, 0.2) is 30.3 Å². The minimum absolute atomic E-state index is 0.0209. The van der Waals surface area contributed by atoms with E-state index in [1.807, 2.05) is 18.2 Å². The van der Waals surface area contributed by atoms with Crippen LogP contribution in [0.1, 0.15) is 18.4 Å². The van der Waals surface area contributed by atoms with Crippen molar-refractivity contribution in [3.05, 3.63) is 35.9 Å². The first-order chi connectivity index (χ1) is 8.35. The van der Waals surface area contributed by atoms with Crippen LogP contribution in [-0.2, 0) is 11.3 Å². The molecule has 17 heavy (non-hydrogen) atoms. The van der Waals surface area contributed by atoms with Gasteiger partial charge in [-0.25, -0.2) is 0 Å². The summed E-state index contributed by atoms with van der Waals surface area (Å²) in [6.07, 6.45) is 1.90. The molecule has 2 rings (SSSR count). The number of hydrogen-bond acceptors (Lipinski definition) is 3. The fraction of sp³-hybridized carbons (Fsp3) is 0.571. The van der Waals surface area contributed by atoms with Gasteiger partial charge in [-0.15, -0.1) is 0 Å². The highest BCUT2D eigenvalue weighted by Crippen LogP contribution is 2.28. The van der Waals surface area contributed by atoms with Crippen LogP contribution in [0.3, 0.4) is 0 Å². The summed E-state index contributed by atoms with van der Waals surface area (Å²) in [5.74, 6) is 0. The van der Waals surface area contributed by atoms with E-state index in [1.54, 1.807) is 0 Å². The number of nitrogens with one attached hydrogen (secondary N) is 1. The van der Waals surface area contributed by atoms with Crippen LogP contribution in [0.2, 0.25) is 0 Å². The fourth-order valence-corrected chi connectivity index (χ4v) is 2.26. The van der Waals surface area contributed by atoms with Crippen molar-refractivity contribution < 1.29 is 9.84 Å². The summed E-state index contributed by atoms with van der Waals surface area (Å²) in [7, 11) is 0. The molecule has 0 aromatic heterocycles. The molecule has 0 aliphatic carbocycles. The minimum atomic E-state index is 0.0209. The monoisotopic (exact) mass is 235 g/mol. The number of hydrogen-bond donors (Lipinski definition) is 2. The quantitative estimate of drug-likeness (QED) is 0.814. The molecular formula is C14H21NO2. The zero-order valence-electron chi connectivity index (χ0n) is 10.2. The maximum atomic E-state index is 9.54. The van der Waals surface area contributed by atoms with Gasteiger partial charge in [0.2, 0.25) is 0 Å². The van der Waals surface area contributed by atoms with Crippen LogP contribution >= 0.6 is 0 Å². The molecule has 0 saturated carbocycles. The average molecular weight is 235 g/mol. The van der Waals surface area contributed by atoms with Gasteiger partial charge in [-0.05, 0) is 18.4 Å². The van der Waals surface area contributed by atoms with Gasteiger partial charge in [0.1, 0.15) is 0 Å². The van der Waals surface area contributed by atoms with E-state index < -0.39 is 0 Å². The van der Waals surface area contributed by atoms with Crippen LogP contribution in [-0.4, -0.2) is 31.5 Å². The van der Waals surface area contributed by atoms with Crippen molar-refractivity contribution in [2.75, 3.05) is 26.4 Å². The number of ether oxygens (including phenoxy) is 1. The summed E-state index contributed by atoms with van der Waals surface area (Å²) < 4.78 is 5.35. The van der Waals surface area contributed by atoms with Gasteiger partial charge in [0.05, 0.1) is 6.61 Å². The normalized spacial score (nSPS) is 19.1. The Kier molecular flexibility index (Phi) is 4.54. The van der Waals surface area contributed by atoms with Crippen LogP contribution in [0, 0.1) is 5.41 Å². The van der Waals surface area contributed by atoms with Gasteiger partial charge in [-0.2, -0.15) is 0 Å². The zero-order chi connectivity index (χ0) is 12.0. The number of rotatable bonds is 5. The van der Waals surface area contributed by atoms with Gasteiger partial charge in [-0.3, -0.25) is 0 Å². The lowest BCUT2D eigenvalue weighted by atomic mass is 9.81. The maximum Gasteiger partial charge on any atom is 0.0501 e. The summed E-state index contributed by atoms with van der Waals surface area (Å²) in [5.41, 5.74) is 1.31. The highest BCUT2D eigenvalue weighted by Gasteiger charge is 2.31. The smallest absolute Gasteiger partial charge is 0.0501 e. The second-order valence-corrected chi connectivity index (χ2v) is 4.86. The first kappa shape index (κ1) is 12.6. The fourth-order valence-electron chi connectivity index (χ4n) is 2.26. The van der Waals surface area contributed by atoms with Crippen molar-refractivity contribution in [3.8, 4) is 0 Å². The molecule has 1 aliphatic rings. The molecule has 3 heteroatoms. The lowest BCUT2D eigenvalue weighted by Gasteiger charge is -2.35. The summed E-state index contributed by atoms with van der Waals surface area (Å²) in [5, 5.41) is 13.0. The van der Waals surface area contributed by atoms with E-state index in [4.69, 9.17) is 4.74 Å². The zero-order valence-corrected chi connectivity index (χ0v) is 10.2. The van der Waals surface area contributed by atoms with Gasteiger partial charge in [0.25, 0.3) is 0 Å². The molecule has 2 N–H and O–H groups in total. The van der Waals surface area contributed by atoms with Crippen LogP contribution in [0.25, 0.3) is 0 Å². The topological polar surface area (TPSA) is 41.5 Å². The molecule has 1 aromatic carbocycles. The molecule has 0 bridgehead atoms. The van der Waals surface area contributed by atoms with Crippen molar-refractivity contribution in [2.24, 2.45) is 5.41 Å². The molecule has 3 nitrogen and oxygen atoms in total. The second-order valence-electron chi connectivity index (χ2n) is 4.86. The number of aliphatic hydroxyl groups is 1. The molecule has 0 amide bonds. The third-order valence-corrected chi connectivity index (χ3v) is 3.56. The van der Waals surface area contributed by atoms with E-state index in [1.165, 1.54) is 5.56 Å². The molecule has 0 atom stereocenters. The lowest BCUT2D eigenvalue weighted by molar-refractivity contribution is -0.0154. The van der Waals surface area contributed by atoms with Gasteiger partial charge in [-0.1, -0.05) is 30.3 Å². The van der Waals surface area contributed by atoms with Crippen molar-refractivity contribution in [3.63, 3.8) is 0 Å². The van der Waals surface area contributed by atoms with E-state index in [0.717, 1.165) is 39.1 Å². The highest BCUT2D eigenvalue weighted by molar-refractivity contribution is 5.14. The maximum absolute atomic E-state index is 9.54. The van der Waals surface area contributed by atoms with E-state index in [0.29, 0.717) is 0 Å². The Bertz CT molecular complexity index is 320. The molecular weight excluding hydrogens is 214 g/mol. The third kappa shape index (κ3) is 3.53. The SMILES string of the molecule is OCC1(CNCc2ccccc2)CCOCC1. The largest absolute Gasteiger partial charge is 0.396 e. The van der Waals surface area contributed by atoms with Gasteiger partial charge in [0.15, 0.2) is 0 Å². The van der Waals surface area contributed by atoms with Crippen LogP contribution < -0.4 is 5.32 Å². The minimum Gasteiger partial charge on any atom is -0.396 e. The van der Waals surface area contributed by atoms with Gasteiger partial charge >= 0.3 is 0 Å². The standard InChI is InChI=1S/C14H21NO2/c16-12-14(6-8-17-9-7-14)11-15-10-13-4-2-1-3-5-13/h1-5,15-16H,6-12H2. The molecule has 1 aromatic rings.